The van der Waals surface area contributed by atoms with Gasteiger partial charge in [0.05, 0.1) is 6.20 Å². The van der Waals surface area contributed by atoms with Gasteiger partial charge >= 0.3 is 0 Å². The third-order valence-electron chi connectivity index (χ3n) is 1.13. The van der Waals surface area contributed by atoms with Crippen LogP contribution in [0.25, 0.3) is 0 Å². The molecule has 0 amide bonds. The monoisotopic (exact) mass is 224 g/mol. The maximum atomic E-state index is 12.3. The van der Waals surface area contributed by atoms with Crippen molar-refractivity contribution in [3.8, 4) is 0 Å². The number of nitrogens with one attached hydrogen (secondary N) is 1. The first kappa shape index (κ1) is 10.2. The molecule has 1 N–H and O–H groups in total. The fourth-order valence-corrected chi connectivity index (χ4v) is 1.28. The normalized spacial score (nSPS) is 11.2. The Kier molecular flexibility index (Phi) is 3.05. The first-order valence-electron chi connectivity index (χ1n) is 3.21. The number of aromatic nitrogens is 1. The molecule has 0 bridgehead atoms. The van der Waals surface area contributed by atoms with Gasteiger partial charge < -0.3 is 0 Å². The zero-order valence-electron chi connectivity index (χ0n) is 6.37. The van der Waals surface area contributed by atoms with Gasteiger partial charge in [0.2, 0.25) is 10.0 Å². The highest BCUT2D eigenvalue weighted by Gasteiger charge is 2.08. The highest BCUT2D eigenvalue weighted by atomic mass is 35.5. The number of pyridine rings is 1. The van der Waals surface area contributed by atoms with Gasteiger partial charge in [-0.05, 0) is 12.1 Å². The van der Waals surface area contributed by atoms with Gasteiger partial charge in [-0.3, -0.25) is 4.72 Å². The van der Waals surface area contributed by atoms with Crippen LogP contribution in [0.3, 0.4) is 0 Å². The van der Waals surface area contributed by atoms with Crippen molar-refractivity contribution in [2.24, 2.45) is 0 Å². The molecule has 0 unspecified atom stereocenters. The lowest BCUT2D eigenvalue weighted by Gasteiger charge is -2.02. The molecule has 0 aromatic carbocycles. The standard InChI is InChI=1S/C6H6ClFN2O2S/c7-4-13(11,12)10-6-2-1-5(8)3-9-6/h1-3H,4H2,(H,9,10). The van der Waals surface area contributed by atoms with Crippen LogP contribution in [-0.2, 0) is 10.0 Å². The molecule has 1 aromatic rings. The molecule has 1 rings (SSSR count). The zero-order valence-corrected chi connectivity index (χ0v) is 7.94. The predicted molar refractivity (Wildman–Crippen MR) is 47.5 cm³/mol. The van der Waals surface area contributed by atoms with Crippen molar-refractivity contribution in [1.82, 2.24) is 4.98 Å². The molecule has 0 radical (unpaired) electrons. The van der Waals surface area contributed by atoms with E-state index in [0.29, 0.717) is 0 Å². The maximum Gasteiger partial charge on any atom is 0.247 e. The van der Waals surface area contributed by atoms with Crippen LogP contribution >= 0.6 is 11.6 Å². The molecule has 1 heterocycles. The van der Waals surface area contributed by atoms with E-state index in [1.807, 2.05) is 0 Å². The van der Waals surface area contributed by atoms with Crippen LogP contribution in [0.4, 0.5) is 10.2 Å². The lowest BCUT2D eigenvalue weighted by molar-refractivity contribution is 0.604. The number of sulfonamides is 1. The smallest absolute Gasteiger partial charge is 0.247 e. The first-order valence-corrected chi connectivity index (χ1v) is 5.40. The van der Waals surface area contributed by atoms with Gasteiger partial charge in [0.25, 0.3) is 0 Å². The van der Waals surface area contributed by atoms with E-state index in [1.165, 1.54) is 6.07 Å². The molecule has 0 fully saturated rings. The molecule has 0 aliphatic carbocycles. The van der Waals surface area contributed by atoms with Gasteiger partial charge in [-0.2, -0.15) is 0 Å². The van der Waals surface area contributed by atoms with Gasteiger partial charge in [-0.15, -0.1) is 11.6 Å². The van der Waals surface area contributed by atoms with E-state index < -0.39 is 21.1 Å². The van der Waals surface area contributed by atoms with Gasteiger partial charge in [-0.25, -0.2) is 17.8 Å². The Morgan fingerprint density at radius 2 is 2.23 bits per heavy atom. The average Bonchev–Trinajstić information content (AvgIpc) is 2.09. The van der Waals surface area contributed by atoms with E-state index in [0.717, 1.165) is 12.3 Å². The van der Waals surface area contributed by atoms with Crippen LogP contribution in [0.1, 0.15) is 0 Å². The summed E-state index contributed by atoms with van der Waals surface area (Å²) in [4.78, 5) is 3.49. The van der Waals surface area contributed by atoms with Crippen LogP contribution in [0, 0.1) is 5.82 Å². The Labute approximate surface area is 79.8 Å². The molecule has 7 heteroatoms. The maximum absolute atomic E-state index is 12.3. The number of alkyl halides is 1. The molecule has 4 nitrogen and oxygen atoms in total. The summed E-state index contributed by atoms with van der Waals surface area (Å²) in [6.07, 6.45) is 0.909. The summed E-state index contributed by atoms with van der Waals surface area (Å²) in [5.41, 5.74) is 0. The zero-order chi connectivity index (χ0) is 9.90. The van der Waals surface area contributed by atoms with E-state index in [2.05, 4.69) is 9.71 Å². The summed E-state index contributed by atoms with van der Waals surface area (Å²) in [6, 6.07) is 2.30. The molecule has 0 saturated heterocycles. The summed E-state index contributed by atoms with van der Waals surface area (Å²) >= 11 is 5.12. The Bertz CT molecular complexity index is 378. The number of rotatable bonds is 3. The second kappa shape index (κ2) is 3.89. The first-order chi connectivity index (χ1) is 6.03. The van der Waals surface area contributed by atoms with E-state index in [1.54, 1.807) is 0 Å². The number of hydrogen-bond donors (Lipinski definition) is 1. The molecule has 0 aliphatic heterocycles. The summed E-state index contributed by atoms with van der Waals surface area (Å²) in [5, 5.41) is -0.563. The van der Waals surface area contributed by atoms with Crippen LogP contribution < -0.4 is 4.72 Å². The number of anilines is 1. The van der Waals surface area contributed by atoms with Gasteiger partial charge in [0, 0.05) is 0 Å². The van der Waals surface area contributed by atoms with E-state index in [4.69, 9.17) is 11.6 Å². The highest BCUT2D eigenvalue weighted by Crippen LogP contribution is 2.06. The summed E-state index contributed by atoms with van der Waals surface area (Å²) in [5.74, 6) is -0.490. The summed E-state index contributed by atoms with van der Waals surface area (Å²) < 4.78 is 36.1. The molecule has 72 valence electrons. The van der Waals surface area contributed by atoms with Crippen molar-refractivity contribution in [3.05, 3.63) is 24.1 Å². The van der Waals surface area contributed by atoms with E-state index in [9.17, 15) is 12.8 Å². The largest absolute Gasteiger partial charge is 0.266 e. The minimum absolute atomic E-state index is 0.0436. The fourth-order valence-electron chi connectivity index (χ4n) is 0.623. The number of hydrogen-bond acceptors (Lipinski definition) is 3. The average molecular weight is 225 g/mol. The van der Waals surface area contributed by atoms with Crippen LogP contribution in [0.2, 0.25) is 0 Å². The van der Waals surface area contributed by atoms with Gasteiger partial charge in [0.15, 0.2) is 0 Å². The molecule has 0 spiro atoms. The van der Waals surface area contributed by atoms with Crippen molar-refractivity contribution in [2.75, 3.05) is 9.93 Å². The number of nitrogens with zero attached hydrogens (tertiary/aromatic N) is 1. The second-order valence-electron chi connectivity index (χ2n) is 2.19. The quantitative estimate of drug-likeness (QED) is 0.784. The molecule has 0 saturated carbocycles. The van der Waals surface area contributed by atoms with Crippen molar-refractivity contribution in [2.45, 2.75) is 0 Å². The summed E-state index contributed by atoms with van der Waals surface area (Å²) in [7, 11) is -3.55. The highest BCUT2D eigenvalue weighted by molar-refractivity contribution is 7.93. The van der Waals surface area contributed by atoms with Crippen LogP contribution in [-0.4, -0.2) is 18.6 Å². The Hall–Kier alpha value is -0.880. The third kappa shape index (κ3) is 3.16. The molecule has 13 heavy (non-hydrogen) atoms. The van der Waals surface area contributed by atoms with Crippen LogP contribution in [0.15, 0.2) is 18.3 Å². The van der Waals surface area contributed by atoms with Gasteiger partial charge in [0.1, 0.15) is 16.8 Å². The topological polar surface area (TPSA) is 59.1 Å². The van der Waals surface area contributed by atoms with Crippen molar-refractivity contribution < 1.29 is 12.8 Å². The minimum Gasteiger partial charge on any atom is -0.266 e. The Morgan fingerprint density at radius 3 is 2.69 bits per heavy atom. The molecular formula is C6H6ClFN2O2S. The van der Waals surface area contributed by atoms with Crippen molar-refractivity contribution >= 4 is 27.4 Å². The van der Waals surface area contributed by atoms with Crippen molar-refractivity contribution in [3.63, 3.8) is 0 Å². The lowest BCUT2D eigenvalue weighted by Crippen LogP contribution is -2.14. The van der Waals surface area contributed by atoms with Gasteiger partial charge in [-0.1, -0.05) is 0 Å². The van der Waals surface area contributed by atoms with E-state index in [-0.39, 0.29) is 5.82 Å². The predicted octanol–water partition coefficient (Wildman–Crippen LogP) is 1.16. The minimum atomic E-state index is -3.55. The number of halogens is 2. The van der Waals surface area contributed by atoms with Crippen molar-refractivity contribution in [1.29, 1.82) is 0 Å². The Balaban J connectivity index is 2.82. The van der Waals surface area contributed by atoms with Crippen LogP contribution in [0.5, 0.6) is 0 Å². The second-order valence-corrected chi connectivity index (χ2v) is 4.49. The SMILES string of the molecule is O=S(=O)(CCl)Nc1ccc(F)cn1. The molecule has 0 aliphatic rings. The fraction of sp³-hybridized carbons (Fsp3) is 0.167. The molecule has 1 aromatic heterocycles. The van der Waals surface area contributed by atoms with E-state index >= 15 is 0 Å². The molecule has 0 atom stereocenters. The lowest BCUT2D eigenvalue weighted by atomic mass is 10.5. The third-order valence-corrected chi connectivity index (χ3v) is 2.80. The molecular weight excluding hydrogens is 219 g/mol. The Morgan fingerprint density at radius 1 is 1.54 bits per heavy atom. The summed E-state index contributed by atoms with van der Waals surface area (Å²) in [6.45, 7) is 0.